The summed E-state index contributed by atoms with van der Waals surface area (Å²) in [5, 5.41) is 3.63. The van der Waals surface area contributed by atoms with Gasteiger partial charge in [0.15, 0.2) is 6.61 Å². The Hall–Kier alpha value is -3.08. The van der Waals surface area contributed by atoms with Crippen LogP contribution in [0.5, 0.6) is 0 Å². The highest BCUT2D eigenvalue weighted by Gasteiger charge is 2.16. The molecule has 5 nitrogen and oxygen atoms in total. The van der Waals surface area contributed by atoms with Gasteiger partial charge in [-0.2, -0.15) is 0 Å². The van der Waals surface area contributed by atoms with E-state index in [1.54, 1.807) is 12.1 Å². The normalized spacial score (nSPS) is 10.6. The van der Waals surface area contributed by atoms with Gasteiger partial charge in [-0.15, -0.1) is 0 Å². The highest BCUT2D eigenvalue weighted by atomic mass is 16.5. The third kappa shape index (κ3) is 3.71. The molecule has 25 heavy (non-hydrogen) atoms. The molecule has 0 atom stereocenters. The zero-order valence-corrected chi connectivity index (χ0v) is 14.2. The summed E-state index contributed by atoms with van der Waals surface area (Å²) in [6, 6.07) is 14.7. The number of carbonyl (C=O) groups excluding carboxylic acids is 2. The number of ether oxygens (including phenoxy) is 1. The minimum atomic E-state index is -0.660. The Morgan fingerprint density at radius 3 is 2.68 bits per heavy atom. The lowest BCUT2D eigenvalue weighted by Crippen LogP contribution is -2.22. The van der Waals surface area contributed by atoms with Gasteiger partial charge in [0, 0.05) is 11.1 Å². The van der Waals surface area contributed by atoms with Gasteiger partial charge in [-0.05, 0) is 36.6 Å². The molecule has 0 unspecified atom stereocenters. The summed E-state index contributed by atoms with van der Waals surface area (Å²) in [5.41, 5.74) is 3.38. The summed E-state index contributed by atoms with van der Waals surface area (Å²) in [6.07, 6.45) is 0.802. The van der Waals surface area contributed by atoms with E-state index >= 15 is 0 Å². The second-order valence-electron chi connectivity index (χ2n) is 5.74. The summed E-state index contributed by atoms with van der Waals surface area (Å²) in [5.74, 6) is -0.959. The molecule has 0 radical (unpaired) electrons. The summed E-state index contributed by atoms with van der Waals surface area (Å²) in [7, 11) is 0. The second kappa shape index (κ2) is 7.21. The molecular formula is C20H19NO4. The van der Waals surface area contributed by atoms with Gasteiger partial charge in [-0.25, -0.2) is 4.79 Å². The van der Waals surface area contributed by atoms with Crippen LogP contribution in [0, 0.1) is 6.92 Å². The van der Waals surface area contributed by atoms with Crippen LogP contribution >= 0.6 is 0 Å². The van der Waals surface area contributed by atoms with Crippen molar-refractivity contribution in [2.75, 3.05) is 11.9 Å². The molecule has 1 aromatic heterocycles. The lowest BCUT2D eigenvalue weighted by molar-refractivity contribution is -0.119. The maximum absolute atomic E-state index is 12.1. The Bertz CT molecular complexity index is 893. The number of furan rings is 1. The van der Waals surface area contributed by atoms with Crippen LogP contribution in [0.4, 0.5) is 5.69 Å². The Morgan fingerprint density at radius 2 is 1.92 bits per heavy atom. The second-order valence-corrected chi connectivity index (χ2v) is 5.74. The molecule has 0 bridgehead atoms. The fraction of sp³-hybridized carbons (Fsp3) is 0.200. The van der Waals surface area contributed by atoms with Crippen LogP contribution in [0.1, 0.15) is 28.6 Å². The third-order valence-electron chi connectivity index (χ3n) is 3.97. The SMILES string of the molecule is CCc1cccc(C)c1NC(=O)COC(=O)c1cc2ccccc2o1. The first-order chi connectivity index (χ1) is 12.1. The van der Waals surface area contributed by atoms with E-state index in [0.717, 1.165) is 28.6 Å². The minimum Gasteiger partial charge on any atom is -0.450 e. The van der Waals surface area contributed by atoms with E-state index in [9.17, 15) is 9.59 Å². The van der Waals surface area contributed by atoms with Crippen molar-refractivity contribution in [1.82, 2.24) is 0 Å². The van der Waals surface area contributed by atoms with Crippen LogP contribution in [0.15, 0.2) is 52.9 Å². The van der Waals surface area contributed by atoms with Gasteiger partial charge in [0.05, 0.1) is 0 Å². The summed E-state index contributed by atoms with van der Waals surface area (Å²) in [6.45, 7) is 3.58. The number of aryl methyl sites for hydroxylation is 2. The molecule has 3 rings (SSSR count). The molecule has 1 N–H and O–H groups in total. The molecule has 0 aliphatic rings. The van der Waals surface area contributed by atoms with Crippen LogP contribution in [-0.4, -0.2) is 18.5 Å². The standard InChI is InChI=1S/C20H19NO4/c1-3-14-9-6-7-13(2)19(14)21-18(22)12-24-20(23)17-11-15-8-4-5-10-16(15)25-17/h4-11H,3,12H2,1-2H3,(H,21,22). The number of esters is 1. The van der Waals surface area contributed by atoms with E-state index in [1.165, 1.54) is 0 Å². The zero-order valence-electron chi connectivity index (χ0n) is 14.2. The lowest BCUT2D eigenvalue weighted by Gasteiger charge is -2.12. The van der Waals surface area contributed by atoms with Crippen LogP contribution in [0.2, 0.25) is 0 Å². The average molecular weight is 337 g/mol. The molecule has 0 fully saturated rings. The number of rotatable bonds is 5. The van der Waals surface area contributed by atoms with Crippen LogP contribution in [0.25, 0.3) is 11.0 Å². The van der Waals surface area contributed by atoms with Crippen molar-refractivity contribution < 1.29 is 18.7 Å². The number of amides is 1. The van der Waals surface area contributed by atoms with Gasteiger partial charge in [-0.1, -0.05) is 43.3 Å². The quantitative estimate of drug-likeness (QED) is 0.712. The first-order valence-electron chi connectivity index (χ1n) is 8.12. The van der Waals surface area contributed by atoms with E-state index in [2.05, 4.69) is 5.32 Å². The van der Waals surface area contributed by atoms with Crippen molar-refractivity contribution in [2.24, 2.45) is 0 Å². The highest BCUT2D eigenvalue weighted by Crippen LogP contribution is 2.21. The van der Waals surface area contributed by atoms with Gasteiger partial charge < -0.3 is 14.5 Å². The number of fused-ring (bicyclic) bond motifs is 1. The molecule has 0 saturated carbocycles. The predicted octanol–water partition coefficient (Wildman–Crippen LogP) is 4.10. The minimum absolute atomic E-state index is 0.0825. The first-order valence-corrected chi connectivity index (χ1v) is 8.12. The number of anilines is 1. The zero-order chi connectivity index (χ0) is 17.8. The Kier molecular flexibility index (Phi) is 4.84. The summed E-state index contributed by atoms with van der Waals surface area (Å²) >= 11 is 0. The van der Waals surface area contributed by atoms with E-state index in [4.69, 9.17) is 9.15 Å². The van der Waals surface area contributed by atoms with Crippen LogP contribution < -0.4 is 5.32 Å². The van der Waals surface area contributed by atoms with E-state index in [0.29, 0.717) is 5.58 Å². The Labute approximate surface area is 145 Å². The number of benzene rings is 2. The molecule has 0 saturated heterocycles. The van der Waals surface area contributed by atoms with Gasteiger partial charge in [0.2, 0.25) is 5.76 Å². The predicted molar refractivity (Wildman–Crippen MR) is 95.7 cm³/mol. The van der Waals surface area contributed by atoms with Crippen molar-refractivity contribution in [1.29, 1.82) is 0 Å². The van der Waals surface area contributed by atoms with Gasteiger partial charge in [0.25, 0.3) is 5.91 Å². The van der Waals surface area contributed by atoms with E-state index in [-0.39, 0.29) is 18.3 Å². The largest absolute Gasteiger partial charge is 0.450 e. The van der Waals surface area contributed by atoms with Crippen LogP contribution in [-0.2, 0) is 16.0 Å². The molecule has 128 valence electrons. The Morgan fingerprint density at radius 1 is 1.12 bits per heavy atom. The van der Waals surface area contributed by atoms with Crippen molar-refractivity contribution in [3.05, 3.63) is 65.4 Å². The van der Waals surface area contributed by atoms with Gasteiger partial charge in [0.1, 0.15) is 5.58 Å². The van der Waals surface area contributed by atoms with Crippen molar-refractivity contribution in [3.63, 3.8) is 0 Å². The number of nitrogens with one attached hydrogen (secondary N) is 1. The van der Waals surface area contributed by atoms with Crippen molar-refractivity contribution >= 4 is 28.5 Å². The van der Waals surface area contributed by atoms with Gasteiger partial charge >= 0.3 is 5.97 Å². The molecule has 1 amide bonds. The number of hydrogen-bond acceptors (Lipinski definition) is 4. The smallest absolute Gasteiger partial charge is 0.374 e. The topological polar surface area (TPSA) is 68.5 Å². The lowest BCUT2D eigenvalue weighted by atomic mass is 10.1. The molecule has 1 heterocycles. The fourth-order valence-corrected chi connectivity index (χ4v) is 2.66. The molecule has 3 aromatic rings. The monoisotopic (exact) mass is 337 g/mol. The Balaban J connectivity index is 1.63. The van der Waals surface area contributed by atoms with Crippen molar-refractivity contribution in [2.45, 2.75) is 20.3 Å². The third-order valence-corrected chi connectivity index (χ3v) is 3.97. The van der Waals surface area contributed by atoms with E-state index in [1.807, 2.05) is 50.2 Å². The molecule has 0 aliphatic carbocycles. The maximum atomic E-state index is 12.1. The van der Waals surface area contributed by atoms with E-state index < -0.39 is 5.97 Å². The molecular weight excluding hydrogens is 318 g/mol. The van der Waals surface area contributed by atoms with Crippen LogP contribution in [0.3, 0.4) is 0 Å². The summed E-state index contributed by atoms with van der Waals surface area (Å²) in [4.78, 5) is 24.2. The highest BCUT2D eigenvalue weighted by molar-refractivity contribution is 5.97. The molecule has 0 aliphatic heterocycles. The van der Waals surface area contributed by atoms with Crippen molar-refractivity contribution in [3.8, 4) is 0 Å². The molecule has 5 heteroatoms. The maximum Gasteiger partial charge on any atom is 0.374 e. The molecule has 2 aromatic carbocycles. The number of carbonyl (C=O) groups is 2. The number of para-hydroxylation sites is 2. The first kappa shape index (κ1) is 16.8. The fourth-order valence-electron chi connectivity index (χ4n) is 2.66. The average Bonchev–Trinajstić information content (AvgIpc) is 3.05. The summed E-state index contributed by atoms with van der Waals surface area (Å²) < 4.78 is 10.5. The molecule has 0 spiro atoms. The number of hydrogen-bond donors (Lipinski definition) is 1. The van der Waals surface area contributed by atoms with Gasteiger partial charge in [-0.3, -0.25) is 4.79 Å².